The van der Waals surface area contributed by atoms with E-state index in [9.17, 15) is 4.79 Å². The van der Waals surface area contributed by atoms with Gasteiger partial charge in [0.15, 0.2) is 0 Å². The standard InChI is InChI=1S/C8H17NO3/c1-7(4-5-11-2)9-8(10)6-12-3/h7H,4-6H2,1-3H3,(H,9,10). The summed E-state index contributed by atoms with van der Waals surface area (Å²) < 4.78 is 9.54. The van der Waals surface area contributed by atoms with Crippen molar-refractivity contribution in [2.24, 2.45) is 0 Å². The van der Waals surface area contributed by atoms with Crippen molar-refractivity contribution in [2.75, 3.05) is 27.4 Å². The Hall–Kier alpha value is -0.610. The van der Waals surface area contributed by atoms with Crippen molar-refractivity contribution < 1.29 is 14.3 Å². The van der Waals surface area contributed by atoms with Crippen molar-refractivity contribution in [3.05, 3.63) is 0 Å². The molecule has 0 saturated carbocycles. The van der Waals surface area contributed by atoms with Crippen LogP contribution in [0.1, 0.15) is 13.3 Å². The van der Waals surface area contributed by atoms with Gasteiger partial charge in [0.2, 0.25) is 5.91 Å². The van der Waals surface area contributed by atoms with Gasteiger partial charge < -0.3 is 14.8 Å². The quantitative estimate of drug-likeness (QED) is 0.626. The lowest BCUT2D eigenvalue weighted by Crippen LogP contribution is -2.35. The summed E-state index contributed by atoms with van der Waals surface area (Å²) in [5.41, 5.74) is 0. The van der Waals surface area contributed by atoms with Crippen molar-refractivity contribution in [2.45, 2.75) is 19.4 Å². The van der Waals surface area contributed by atoms with Crippen molar-refractivity contribution in [3.63, 3.8) is 0 Å². The molecule has 0 aliphatic heterocycles. The summed E-state index contributed by atoms with van der Waals surface area (Å²) in [6.07, 6.45) is 0.825. The monoisotopic (exact) mass is 175 g/mol. The van der Waals surface area contributed by atoms with E-state index in [0.29, 0.717) is 6.61 Å². The second kappa shape index (κ2) is 7.06. The molecule has 4 nitrogen and oxygen atoms in total. The Labute approximate surface area is 73.2 Å². The molecule has 0 spiro atoms. The van der Waals surface area contributed by atoms with E-state index >= 15 is 0 Å². The Morgan fingerprint density at radius 2 is 2.08 bits per heavy atom. The summed E-state index contributed by atoms with van der Waals surface area (Å²) in [6, 6.07) is 0.146. The summed E-state index contributed by atoms with van der Waals surface area (Å²) >= 11 is 0. The summed E-state index contributed by atoms with van der Waals surface area (Å²) in [4.78, 5) is 10.9. The maximum Gasteiger partial charge on any atom is 0.246 e. The third-order valence-corrected chi connectivity index (χ3v) is 1.44. The predicted molar refractivity (Wildman–Crippen MR) is 46.0 cm³/mol. The summed E-state index contributed by atoms with van der Waals surface area (Å²) in [5.74, 6) is -0.0823. The molecule has 1 atom stereocenters. The van der Waals surface area contributed by atoms with Gasteiger partial charge in [-0.05, 0) is 13.3 Å². The Kier molecular flexibility index (Phi) is 6.70. The van der Waals surface area contributed by atoms with Crippen molar-refractivity contribution >= 4 is 5.91 Å². The van der Waals surface area contributed by atoms with E-state index in [-0.39, 0.29) is 18.6 Å². The third kappa shape index (κ3) is 6.12. The van der Waals surface area contributed by atoms with Crippen LogP contribution in [0.4, 0.5) is 0 Å². The molecule has 1 N–H and O–H groups in total. The van der Waals surface area contributed by atoms with E-state index in [1.807, 2.05) is 6.92 Å². The lowest BCUT2D eigenvalue weighted by Gasteiger charge is -2.12. The SMILES string of the molecule is COCCC(C)NC(=O)COC. The molecule has 0 aliphatic carbocycles. The number of hydrogen-bond acceptors (Lipinski definition) is 3. The molecule has 1 amide bonds. The average molecular weight is 175 g/mol. The van der Waals surface area contributed by atoms with Gasteiger partial charge in [0.1, 0.15) is 6.61 Å². The maximum atomic E-state index is 10.9. The summed E-state index contributed by atoms with van der Waals surface area (Å²) in [6.45, 7) is 2.72. The van der Waals surface area contributed by atoms with Crippen LogP contribution in [0.2, 0.25) is 0 Å². The van der Waals surface area contributed by atoms with E-state index in [1.54, 1.807) is 7.11 Å². The molecule has 4 heteroatoms. The van der Waals surface area contributed by atoms with E-state index < -0.39 is 0 Å². The van der Waals surface area contributed by atoms with Crippen LogP contribution in [0, 0.1) is 0 Å². The largest absolute Gasteiger partial charge is 0.385 e. The summed E-state index contributed by atoms with van der Waals surface area (Å²) in [7, 11) is 3.14. The molecular formula is C8H17NO3. The Balaban J connectivity index is 3.40. The first-order chi connectivity index (χ1) is 5.70. The van der Waals surface area contributed by atoms with Gasteiger partial charge in [0.25, 0.3) is 0 Å². The van der Waals surface area contributed by atoms with Gasteiger partial charge in [-0.15, -0.1) is 0 Å². The van der Waals surface area contributed by atoms with Crippen LogP contribution in [0.5, 0.6) is 0 Å². The highest BCUT2D eigenvalue weighted by Crippen LogP contribution is 1.90. The van der Waals surface area contributed by atoms with Gasteiger partial charge in [-0.3, -0.25) is 4.79 Å². The number of ether oxygens (including phenoxy) is 2. The topological polar surface area (TPSA) is 47.6 Å². The molecule has 12 heavy (non-hydrogen) atoms. The fourth-order valence-electron chi connectivity index (χ4n) is 0.814. The van der Waals surface area contributed by atoms with Crippen molar-refractivity contribution in [3.8, 4) is 0 Å². The van der Waals surface area contributed by atoms with E-state index in [2.05, 4.69) is 10.1 Å². The zero-order chi connectivity index (χ0) is 9.40. The lowest BCUT2D eigenvalue weighted by atomic mass is 10.2. The molecular weight excluding hydrogens is 158 g/mol. The molecule has 72 valence electrons. The van der Waals surface area contributed by atoms with Crippen molar-refractivity contribution in [1.82, 2.24) is 5.32 Å². The van der Waals surface area contributed by atoms with Crippen LogP contribution in [-0.2, 0) is 14.3 Å². The fourth-order valence-corrected chi connectivity index (χ4v) is 0.814. The molecule has 0 saturated heterocycles. The van der Waals surface area contributed by atoms with Crippen LogP contribution in [-0.4, -0.2) is 39.4 Å². The zero-order valence-electron chi connectivity index (χ0n) is 7.92. The molecule has 0 bridgehead atoms. The average Bonchev–Trinajstić information content (AvgIpc) is 2.01. The number of carbonyl (C=O) groups excluding carboxylic acids is 1. The third-order valence-electron chi connectivity index (χ3n) is 1.44. The Morgan fingerprint density at radius 3 is 2.58 bits per heavy atom. The van der Waals surface area contributed by atoms with Gasteiger partial charge in [-0.1, -0.05) is 0 Å². The Bertz CT molecular complexity index is 127. The maximum absolute atomic E-state index is 10.9. The first-order valence-electron chi connectivity index (χ1n) is 3.98. The number of amides is 1. The molecule has 0 fully saturated rings. The first-order valence-corrected chi connectivity index (χ1v) is 3.98. The van der Waals surface area contributed by atoms with E-state index in [0.717, 1.165) is 6.42 Å². The Morgan fingerprint density at radius 1 is 1.42 bits per heavy atom. The zero-order valence-corrected chi connectivity index (χ0v) is 7.92. The number of methoxy groups -OCH3 is 2. The second-order valence-electron chi connectivity index (χ2n) is 2.68. The highest BCUT2D eigenvalue weighted by molar-refractivity contribution is 5.77. The highest BCUT2D eigenvalue weighted by Gasteiger charge is 2.05. The molecule has 0 aromatic rings. The minimum atomic E-state index is -0.0823. The van der Waals surface area contributed by atoms with Crippen LogP contribution >= 0.6 is 0 Å². The van der Waals surface area contributed by atoms with Gasteiger partial charge in [0, 0.05) is 26.9 Å². The van der Waals surface area contributed by atoms with Crippen molar-refractivity contribution in [1.29, 1.82) is 0 Å². The molecule has 0 aromatic heterocycles. The number of rotatable bonds is 6. The second-order valence-corrected chi connectivity index (χ2v) is 2.68. The molecule has 1 unspecified atom stereocenters. The van der Waals surface area contributed by atoms with Crippen LogP contribution < -0.4 is 5.32 Å². The molecule has 0 aromatic carbocycles. The molecule has 0 rings (SSSR count). The smallest absolute Gasteiger partial charge is 0.246 e. The number of nitrogens with one attached hydrogen (secondary N) is 1. The minimum Gasteiger partial charge on any atom is -0.385 e. The van der Waals surface area contributed by atoms with Gasteiger partial charge in [-0.2, -0.15) is 0 Å². The fraction of sp³-hybridized carbons (Fsp3) is 0.875. The van der Waals surface area contributed by atoms with Crippen LogP contribution in [0.15, 0.2) is 0 Å². The number of hydrogen-bond donors (Lipinski definition) is 1. The lowest BCUT2D eigenvalue weighted by molar-refractivity contribution is -0.125. The van der Waals surface area contributed by atoms with Gasteiger partial charge in [-0.25, -0.2) is 0 Å². The summed E-state index contributed by atoms with van der Waals surface area (Å²) in [5, 5.41) is 2.77. The first kappa shape index (κ1) is 11.4. The van der Waals surface area contributed by atoms with Gasteiger partial charge >= 0.3 is 0 Å². The molecule has 0 radical (unpaired) electrons. The molecule has 0 heterocycles. The minimum absolute atomic E-state index is 0.0823. The van der Waals surface area contributed by atoms with Gasteiger partial charge in [0.05, 0.1) is 0 Å². The van der Waals surface area contributed by atoms with Crippen LogP contribution in [0.3, 0.4) is 0 Å². The molecule has 0 aliphatic rings. The van der Waals surface area contributed by atoms with E-state index in [4.69, 9.17) is 4.74 Å². The van der Waals surface area contributed by atoms with E-state index in [1.165, 1.54) is 7.11 Å². The normalized spacial score (nSPS) is 12.6. The predicted octanol–water partition coefficient (Wildman–Crippen LogP) is 0.174. The highest BCUT2D eigenvalue weighted by atomic mass is 16.5. The van der Waals surface area contributed by atoms with Crippen LogP contribution in [0.25, 0.3) is 0 Å². The number of carbonyl (C=O) groups is 1.